The minimum absolute atomic E-state index is 0.0377. The van der Waals surface area contributed by atoms with Crippen LogP contribution in [0.5, 0.6) is 0 Å². The number of nitrogens with one attached hydrogen (secondary N) is 2. The molecule has 1 aliphatic rings. The van der Waals surface area contributed by atoms with E-state index in [1.165, 1.54) is 12.1 Å². The van der Waals surface area contributed by atoms with E-state index in [0.717, 1.165) is 6.42 Å². The molecule has 1 unspecified atom stereocenters. The summed E-state index contributed by atoms with van der Waals surface area (Å²) in [5.74, 6) is 0.525. The van der Waals surface area contributed by atoms with E-state index in [0.29, 0.717) is 44.5 Å². The first kappa shape index (κ1) is 21.3. The second kappa shape index (κ2) is 9.82. The molecule has 2 N–H and O–H groups in total. The van der Waals surface area contributed by atoms with Crippen molar-refractivity contribution in [2.75, 3.05) is 37.7 Å². The Hall–Kier alpha value is -1.96. The zero-order valence-electron chi connectivity index (χ0n) is 16.2. The van der Waals surface area contributed by atoms with Gasteiger partial charge >= 0.3 is 6.18 Å². The third kappa shape index (κ3) is 6.30. The average molecular weight is 386 g/mol. The van der Waals surface area contributed by atoms with Crippen LogP contribution in [0.3, 0.4) is 0 Å². The van der Waals surface area contributed by atoms with Gasteiger partial charge in [-0.1, -0.05) is 13.0 Å². The van der Waals surface area contributed by atoms with Gasteiger partial charge in [0, 0.05) is 31.4 Å². The van der Waals surface area contributed by atoms with Crippen molar-refractivity contribution in [1.82, 2.24) is 10.6 Å². The van der Waals surface area contributed by atoms with Gasteiger partial charge in [-0.15, -0.1) is 0 Å². The number of guanidine groups is 1. The summed E-state index contributed by atoms with van der Waals surface area (Å²) in [6.07, 6.45) is -3.53. The van der Waals surface area contributed by atoms with E-state index in [9.17, 15) is 13.2 Å². The summed E-state index contributed by atoms with van der Waals surface area (Å²) in [7, 11) is 0. The summed E-state index contributed by atoms with van der Waals surface area (Å²) in [5, 5.41) is 6.27. The molecule has 1 fully saturated rings. The first-order chi connectivity index (χ1) is 12.8. The second-order valence-electron chi connectivity index (χ2n) is 6.59. The summed E-state index contributed by atoms with van der Waals surface area (Å²) in [6.45, 7) is 8.82. The van der Waals surface area contributed by atoms with E-state index >= 15 is 0 Å². The third-order valence-electron chi connectivity index (χ3n) is 4.52. The molecule has 0 saturated carbocycles. The van der Waals surface area contributed by atoms with Gasteiger partial charge in [-0.3, -0.25) is 0 Å². The van der Waals surface area contributed by atoms with Crippen LogP contribution in [0.4, 0.5) is 18.9 Å². The molecular weight excluding hydrogens is 357 g/mol. The molecule has 1 heterocycles. The van der Waals surface area contributed by atoms with Gasteiger partial charge in [-0.25, -0.2) is 4.99 Å². The van der Waals surface area contributed by atoms with Crippen LogP contribution in [-0.2, 0) is 17.5 Å². The molecule has 1 aromatic rings. The molecule has 1 aliphatic heterocycles. The van der Waals surface area contributed by atoms with Crippen molar-refractivity contribution in [2.45, 2.75) is 46.0 Å². The highest BCUT2D eigenvalue weighted by Gasteiger charge is 2.34. The third-order valence-corrected chi connectivity index (χ3v) is 4.52. The first-order valence-electron chi connectivity index (χ1n) is 9.42. The Balaban J connectivity index is 2.24. The Kier molecular flexibility index (Phi) is 7.77. The number of morpholine rings is 1. The first-order valence-corrected chi connectivity index (χ1v) is 9.42. The fourth-order valence-electron chi connectivity index (χ4n) is 2.80. The summed E-state index contributed by atoms with van der Waals surface area (Å²) < 4.78 is 46.1. The number of aliphatic imine (C=N–C) groups is 1. The molecule has 0 spiro atoms. The molecule has 0 radical (unpaired) electrons. The van der Waals surface area contributed by atoms with E-state index in [-0.39, 0.29) is 18.2 Å². The molecule has 0 aromatic heterocycles. The van der Waals surface area contributed by atoms with Crippen LogP contribution >= 0.6 is 0 Å². The summed E-state index contributed by atoms with van der Waals surface area (Å²) in [5.41, 5.74) is 0.110. The standard InChI is InChI=1S/C19H29F3N4O/c1-4-14(3)25-18(23-5-2)24-13-15-6-7-16(12-17(15)19(20,21)22)26-8-10-27-11-9-26/h6-7,12,14H,4-5,8-11,13H2,1-3H3,(H2,23,24,25). The highest BCUT2D eigenvalue weighted by atomic mass is 19.4. The van der Waals surface area contributed by atoms with Gasteiger partial charge in [-0.05, 0) is 38.0 Å². The number of benzene rings is 1. The highest BCUT2D eigenvalue weighted by molar-refractivity contribution is 5.80. The molecule has 0 amide bonds. The van der Waals surface area contributed by atoms with Crippen LogP contribution in [0.15, 0.2) is 23.2 Å². The molecule has 0 aliphatic carbocycles. The Bertz CT molecular complexity index is 628. The predicted octanol–water partition coefficient (Wildman–Crippen LogP) is 3.40. The minimum atomic E-state index is -4.42. The topological polar surface area (TPSA) is 48.9 Å². The van der Waals surface area contributed by atoms with Crippen molar-refractivity contribution in [3.63, 3.8) is 0 Å². The number of hydrogen-bond acceptors (Lipinski definition) is 3. The molecular formula is C19H29F3N4O. The van der Waals surface area contributed by atoms with Crippen LogP contribution in [0, 0.1) is 0 Å². The molecule has 1 aromatic carbocycles. The normalized spacial score (nSPS) is 17.0. The number of hydrogen-bond donors (Lipinski definition) is 2. The fraction of sp³-hybridized carbons (Fsp3) is 0.632. The van der Waals surface area contributed by atoms with Gasteiger partial charge in [0.2, 0.25) is 0 Å². The number of rotatable bonds is 6. The Morgan fingerprint density at radius 2 is 1.96 bits per heavy atom. The lowest BCUT2D eigenvalue weighted by Crippen LogP contribution is -2.42. The maximum absolute atomic E-state index is 13.6. The van der Waals surface area contributed by atoms with Crippen molar-refractivity contribution >= 4 is 11.6 Å². The number of halogens is 3. The SMILES string of the molecule is CCNC(=NCc1ccc(N2CCOCC2)cc1C(F)(F)F)NC(C)CC. The van der Waals surface area contributed by atoms with Gasteiger partial charge < -0.3 is 20.3 Å². The lowest BCUT2D eigenvalue weighted by molar-refractivity contribution is -0.138. The number of anilines is 1. The molecule has 152 valence electrons. The number of alkyl halides is 3. The molecule has 0 bridgehead atoms. The summed E-state index contributed by atoms with van der Waals surface area (Å²) >= 11 is 0. The Labute approximate surface area is 159 Å². The maximum atomic E-state index is 13.6. The van der Waals surface area contributed by atoms with E-state index in [1.807, 2.05) is 25.7 Å². The molecule has 8 heteroatoms. The zero-order chi connectivity index (χ0) is 19.9. The van der Waals surface area contributed by atoms with Crippen molar-refractivity contribution in [3.8, 4) is 0 Å². The van der Waals surface area contributed by atoms with Gasteiger partial charge in [0.1, 0.15) is 0 Å². The Morgan fingerprint density at radius 1 is 1.26 bits per heavy atom. The van der Waals surface area contributed by atoms with Crippen molar-refractivity contribution < 1.29 is 17.9 Å². The summed E-state index contributed by atoms with van der Waals surface area (Å²) in [6, 6.07) is 4.68. The molecule has 27 heavy (non-hydrogen) atoms. The number of nitrogens with zero attached hydrogens (tertiary/aromatic N) is 2. The smallest absolute Gasteiger partial charge is 0.378 e. The quantitative estimate of drug-likeness (QED) is 0.581. The second-order valence-corrected chi connectivity index (χ2v) is 6.59. The van der Waals surface area contributed by atoms with Crippen LogP contribution < -0.4 is 15.5 Å². The zero-order valence-corrected chi connectivity index (χ0v) is 16.2. The molecule has 1 saturated heterocycles. The largest absolute Gasteiger partial charge is 0.416 e. The van der Waals surface area contributed by atoms with Gasteiger partial charge in [0.15, 0.2) is 5.96 Å². The van der Waals surface area contributed by atoms with Crippen molar-refractivity contribution in [1.29, 1.82) is 0 Å². The van der Waals surface area contributed by atoms with Crippen molar-refractivity contribution in [3.05, 3.63) is 29.3 Å². The van der Waals surface area contributed by atoms with Crippen LogP contribution in [0.25, 0.3) is 0 Å². The van der Waals surface area contributed by atoms with Crippen LogP contribution in [0.2, 0.25) is 0 Å². The maximum Gasteiger partial charge on any atom is 0.416 e. The molecule has 1 atom stereocenters. The highest BCUT2D eigenvalue weighted by Crippen LogP contribution is 2.35. The average Bonchev–Trinajstić information content (AvgIpc) is 2.66. The summed E-state index contributed by atoms with van der Waals surface area (Å²) in [4.78, 5) is 6.27. The van der Waals surface area contributed by atoms with Gasteiger partial charge in [-0.2, -0.15) is 13.2 Å². The monoisotopic (exact) mass is 386 g/mol. The van der Waals surface area contributed by atoms with E-state index in [4.69, 9.17) is 4.74 Å². The molecule has 2 rings (SSSR count). The predicted molar refractivity (Wildman–Crippen MR) is 102 cm³/mol. The van der Waals surface area contributed by atoms with Gasteiger partial charge in [0.05, 0.1) is 25.3 Å². The van der Waals surface area contributed by atoms with E-state index in [1.54, 1.807) is 6.07 Å². The van der Waals surface area contributed by atoms with E-state index in [2.05, 4.69) is 15.6 Å². The van der Waals surface area contributed by atoms with Crippen LogP contribution in [0.1, 0.15) is 38.3 Å². The van der Waals surface area contributed by atoms with Crippen molar-refractivity contribution in [2.24, 2.45) is 4.99 Å². The van der Waals surface area contributed by atoms with Gasteiger partial charge in [0.25, 0.3) is 0 Å². The number of ether oxygens (including phenoxy) is 1. The lowest BCUT2D eigenvalue weighted by atomic mass is 10.1. The minimum Gasteiger partial charge on any atom is -0.378 e. The molecule has 5 nitrogen and oxygen atoms in total. The Morgan fingerprint density at radius 3 is 2.56 bits per heavy atom. The van der Waals surface area contributed by atoms with Crippen LogP contribution in [-0.4, -0.2) is 44.8 Å². The fourth-order valence-corrected chi connectivity index (χ4v) is 2.80. The lowest BCUT2D eigenvalue weighted by Gasteiger charge is -2.29. The van der Waals surface area contributed by atoms with E-state index < -0.39 is 11.7 Å².